The highest BCUT2D eigenvalue weighted by Crippen LogP contribution is 2.19. The van der Waals surface area contributed by atoms with E-state index in [4.69, 9.17) is 0 Å². The van der Waals surface area contributed by atoms with Crippen LogP contribution in [0.3, 0.4) is 0 Å². The molecule has 1 amide bonds. The van der Waals surface area contributed by atoms with Crippen LogP contribution >= 0.6 is 0 Å². The molecule has 0 radical (unpaired) electrons. The maximum atomic E-state index is 14.4. The lowest BCUT2D eigenvalue weighted by Gasteiger charge is -2.10. The van der Waals surface area contributed by atoms with Gasteiger partial charge in [-0.3, -0.25) is 14.6 Å². The number of aromatic amines is 2. The average molecular weight is 371 g/mol. The third-order valence-corrected chi connectivity index (χ3v) is 4.17. The van der Waals surface area contributed by atoms with Crippen molar-refractivity contribution >= 4 is 11.6 Å². The fourth-order valence-corrected chi connectivity index (χ4v) is 2.80. The van der Waals surface area contributed by atoms with Gasteiger partial charge in [-0.1, -0.05) is 0 Å². The van der Waals surface area contributed by atoms with Crippen LogP contribution in [0, 0.1) is 19.7 Å². The number of aryl methyl sites for hydroxylation is 2. The van der Waals surface area contributed by atoms with Crippen LogP contribution in [0.5, 0.6) is 0 Å². The molecule has 0 aliphatic heterocycles. The van der Waals surface area contributed by atoms with Crippen molar-refractivity contribution in [3.8, 4) is 5.69 Å². The van der Waals surface area contributed by atoms with E-state index in [1.165, 1.54) is 6.07 Å². The van der Waals surface area contributed by atoms with E-state index in [0.717, 1.165) is 0 Å². The molecule has 3 aromatic rings. The third kappa shape index (κ3) is 4.02. The van der Waals surface area contributed by atoms with Gasteiger partial charge in [0.25, 0.3) is 5.56 Å². The first-order chi connectivity index (χ1) is 12.8. The number of imidazole rings is 1. The second-order valence-corrected chi connectivity index (χ2v) is 6.07. The van der Waals surface area contributed by atoms with Crippen LogP contribution in [0.4, 0.5) is 10.1 Å². The van der Waals surface area contributed by atoms with Crippen LogP contribution in [-0.4, -0.2) is 25.4 Å². The molecule has 3 N–H and O–H groups in total. The Labute approximate surface area is 153 Å². The van der Waals surface area contributed by atoms with Gasteiger partial charge in [0.1, 0.15) is 11.6 Å². The molecule has 8 nitrogen and oxygen atoms in total. The standard InChI is InChI=1S/C18H18FN5O3/c1-10-13(17(26)23-18(27)21-10)4-6-16(25)22-12-3-5-15(14(19)9-12)24-8-7-20-11(24)2/h3,5,7-9H,4,6H2,1-2H3,(H,22,25)(H2,21,23,26,27). The Morgan fingerprint density at radius 2 is 2.04 bits per heavy atom. The highest BCUT2D eigenvalue weighted by Gasteiger charge is 2.12. The first-order valence-corrected chi connectivity index (χ1v) is 8.27. The molecule has 0 aliphatic carbocycles. The summed E-state index contributed by atoms with van der Waals surface area (Å²) in [6.45, 7) is 3.35. The quantitative estimate of drug-likeness (QED) is 0.632. The predicted octanol–water partition coefficient (Wildman–Crippen LogP) is 1.58. The zero-order chi connectivity index (χ0) is 19.6. The second kappa shape index (κ2) is 7.40. The number of H-pyrrole nitrogens is 2. The average Bonchev–Trinajstić information content (AvgIpc) is 3.00. The Bertz CT molecular complexity index is 1110. The fraction of sp³-hybridized carbons (Fsp3) is 0.222. The fourth-order valence-electron chi connectivity index (χ4n) is 2.80. The number of carbonyl (C=O) groups excluding carboxylic acids is 1. The summed E-state index contributed by atoms with van der Waals surface area (Å²) >= 11 is 0. The van der Waals surface area contributed by atoms with Crippen molar-refractivity contribution in [2.24, 2.45) is 0 Å². The summed E-state index contributed by atoms with van der Waals surface area (Å²) in [4.78, 5) is 43.8. The van der Waals surface area contributed by atoms with Gasteiger partial charge < -0.3 is 14.9 Å². The topological polar surface area (TPSA) is 113 Å². The largest absolute Gasteiger partial charge is 0.326 e. The minimum atomic E-state index is -0.589. The number of anilines is 1. The number of carbonyl (C=O) groups is 1. The Kier molecular flexibility index (Phi) is 5.02. The maximum Gasteiger partial charge on any atom is 0.325 e. The lowest BCUT2D eigenvalue weighted by Crippen LogP contribution is -2.27. The van der Waals surface area contributed by atoms with Gasteiger partial charge in [0, 0.05) is 35.8 Å². The van der Waals surface area contributed by atoms with Gasteiger partial charge in [-0.25, -0.2) is 14.2 Å². The van der Waals surface area contributed by atoms with Crippen molar-refractivity contribution in [2.75, 3.05) is 5.32 Å². The number of halogens is 1. The van der Waals surface area contributed by atoms with E-state index in [0.29, 0.717) is 28.5 Å². The molecule has 3 rings (SSSR count). The van der Waals surface area contributed by atoms with Gasteiger partial charge in [-0.2, -0.15) is 0 Å². The van der Waals surface area contributed by atoms with E-state index >= 15 is 0 Å². The molecule has 2 heterocycles. The third-order valence-electron chi connectivity index (χ3n) is 4.17. The molecule has 0 saturated heterocycles. The molecule has 0 atom stereocenters. The highest BCUT2D eigenvalue weighted by molar-refractivity contribution is 5.90. The molecular formula is C18H18FN5O3. The van der Waals surface area contributed by atoms with E-state index in [9.17, 15) is 18.8 Å². The van der Waals surface area contributed by atoms with Crippen LogP contribution < -0.4 is 16.6 Å². The molecule has 27 heavy (non-hydrogen) atoms. The number of aromatic nitrogens is 4. The summed E-state index contributed by atoms with van der Waals surface area (Å²) in [6, 6.07) is 4.37. The van der Waals surface area contributed by atoms with Crippen LogP contribution in [0.1, 0.15) is 23.5 Å². The van der Waals surface area contributed by atoms with Gasteiger partial charge in [0.15, 0.2) is 0 Å². The minimum Gasteiger partial charge on any atom is -0.326 e. The predicted molar refractivity (Wildman–Crippen MR) is 97.6 cm³/mol. The monoisotopic (exact) mass is 371 g/mol. The van der Waals surface area contributed by atoms with Gasteiger partial charge in [0.2, 0.25) is 5.91 Å². The van der Waals surface area contributed by atoms with E-state index in [1.807, 2.05) is 0 Å². The molecule has 0 unspecified atom stereocenters. The van der Waals surface area contributed by atoms with Crippen LogP contribution in [-0.2, 0) is 11.2 Å². The molecule has 140 valence electrons. The molecule has 1 aromatic carbocycles. The van der Waals surface area contributed by atoms with E-state index in [1.54, 1.807) is 42.9 Å². The smallest absolute Gasteiger partial charge is 0.325 e. The van der Waals surface area contributed by atoms with Crippen LogP contribution in [0.2, 0.25) is 0 Å². The number of hydrogen-bond acceptors (Lipinski definition) is 4. The maximum absolute atomic E-state index is 14.4. The highest BCUT2D eigenvalue weighted by atomic mass is 19.1. The van der Waals surface area contributed by atoms with Crippen molar-refractivity contribution < 1.29 is 9.18 Å². The first kappa shape index (κ1) is 18.3. The number of rotatable bonds is 5. The summed E-state index contributed by atoms with van der Waals surface area (Å²) in [7, 11) is 0. The lowest BCUT2D eigenvalue weighted by atomic mass is 10.1. The molecular weight excluding hydrogens is 353 g/mol. The van der Waals surface area contributed by atoms with E-state index in [-0.39, 0.29) is 18.7 Å². The molecule has 0 bridgehead atoms. The van der Waals surface area contributed by atoms with E-state index < -0.39 is 17.1 Å². The lowest BCUT2D eigenvalue weighted by molar-refractivity contribution is -0.116. The van der Waals surface area contributed by atoms with Gasteiger partial charge >= 0.3 is 5.69 Å². The van der Waals surface area contributed by atoms with Crippen molar-refractivity contribution in [2.45, 2.75) is 26.7 Å². The number of nitrogens with zero attached hydrogens (tertiary/aromatic N) is 2. The number of hydrogen-bond donors (Lipinski definition) is 3. The summed E-state index contributed by atoms with van der Waals surface area (Å²) in [5, 5.41) is 2.60. The number of nitrogens with one attached hydrogen (secondary N) is 3. The summed E-state index contributed by atoms with van der Waals surface area (Å²) in [5.74, 6) is -0.222. The van der Waals surface area contributed by atoms with Gasteiger partial charge in [-0.05, 0) is 38.5 Å². The second-order valence-electron chi connectivity index (χ2n) is 6.07. The van der Waals surface area contributed by atoms with Crippen LogP contribution in [0.25, 0.3) is 5.69 Å². The molecule has 2 aromatic heterocycles. The summed E-state index contributed by atoms with van der Waals surface area (Å²) < 4.78 is 16.0. The van der Waals surface area contributed by atoms with Crippen LogP contribution in [0.15, 0.2) is 40.2 Å². The molecule has 0 spiro atoms. The zero-order valence-corrected chi connectivity index (χ0v) is 14.8. The van der Waals surface area contributed by atoms with Crippen molar-refractivity contribution in [3.63, 3.8) is 0 Å². The molecule has 0 aliphatic rings. The molecule has 0 saturated carbocycles. The Morgan fingerprint density at radius 1 is 1.26 bits per heavy atom. The van der Waals surface area contributed by atoms with Crippen molar-refractivity contribution in [1.82, 2.24) is 19.5 Å². The Morgan fingerprint density at radius 3 is 2.67 bits per heavy atom. The number of amides is 1. The van der Waals surface area contributed by atoms with Gasteiger partial charge in [-0.15, -0.1) is 0 Å². The number of benzene rings is 1. The Balaban J connectivity index is 1.68. The summed E-state index contributed by atoms with van der Waals surface area (Å²) in [6.07, 6.45) is 3.39. The van der Waals surface area contributed by atoms with Crippen molar-refractivity contribution in [3.05, 3.63) is 74.3 Å². The summed E-state index contributed by atoms with van der Waals surface area (Å²) in [5.41, 5.74) is 0.290. The Hall–Kier alpha value is -3.49. The SMILES string of the molecule is Cc1[nH]c(=O)[nH]c(=O)c1CCC(=O)Nc1ccc(-n2ccnc2C)c(F)c1. The molecule has 0 fully saturated rings. The normalized spacial score (nSPS) is 10.8. The molecule has 9 heteroatoms. The van der Waals surface area contributed by atoms with E-state index in [2.05, 4.69) is 20.3 Å². The van der Waals surface area contributed by atoms with Gasteiger partial charge in [0.05, 0.1) is 5.69 Å². The van der Waals surface area contributed by atoms with Crippen molar-refractivity contribution in [1.29, 1.82) is 0 Å². The zero-order valence-electron chi connectivity index (χ0n) is 14.8. The minimum absolute atomic E-state index is 0.0139. The first-order valence-electron chi connectivity index (χ1n) is 8.27.